The second kappa shape index (κ2) is 37.5. The smallest absolute Gasteiger partial charge is 0.462 e. The lowest BCUT2D eigenvalue weighted by molar-refractivity contribution is -0.161. The molecule has 0 aromatic heterocycles. The third kappa shape index (κ3) is 34.3. The molecule has 0 aliphatic carbocycles. The summed E-state index contributed by atoms with van der Waals surface area (Å²) in [5.41, 5.74) is 5.35. The van der Waals surface area contributed by atoms with Gasteiger partial charge in [-0.2, -0.15) is 0 Å². The van der Waals surface area contributed by atoms with E-state index < -0.39 is 32.5 Å². The topological polar surface area (TPSA) is 147 Å². The molecular formula is C45H82NO9P. The zero-order valence-electron chi connectivity index (χ0n) is 35.6. The number of epoxide rings is 1. The molecule has 1 aliphatic heterocycles. The van der Waals surface area contributed by atoms with Gasteiger partial charge in [0, 0.05) is 19.4 Å². The van der Waals surface area contributed by atoms with Gasteiger partial charge in [-0.3, -0.25) is 18.6 Å². The molecule has 0 aromatic rings. The predicted molar refractivity (Wildman–Crippen MR) is 228 cm³/mol. The quantitative estimate of drug-likeness (QED) is 0.0201. The Morgan fingerprint density at radius 1 is 0.643 bits per heavy atom. The highest BCUT2D eigenvalue weighted by molar-refractivity contribution is 7.47. The third-order valence-electron chi connectivity index (χ3n) is 9.92. The van der Waals surface area contributed by atoms with E-state index in [0.717, 1.165) is 77.0 Å². The first-order chi connectivity index (χ1) is 27.3. The number of rotatable bonds is 41. The minimum Gasteiger partial charge on any atom is -0.462 e. The normalized spacial score (nSPS) is 17.2. The van der Waals surface area contributed by atoms with Crippen molar-refractivity contribution in [1.82, 2.24) is 0 Å². The minimum absolute atomic E-state index is 0.0477. The number of carbonyl (C=O) groups excluding carboxylic acids is 2. The number of allylic oxidation sites excluding steroid dienone is 5. The molecule has 1 aliphatic rings. The van der Waals surface area contributed by atoms with Crippen molar-refractivity contribution >= 4 is 19.8 Å². The van der Waals surface area contributed by atoms with Crippen molar-refractivity contribution in [2.24, 2.45) is 5.73 Å². The summed E-state index contributed by atoms with van der Waals surface area (Å²) in [5.74, 6) is -0.853. The lowest BCUT2D eigenvalue weighted by atomic mass is 10.1. The maximum Gasteiger partial charge on any atom is 0.472 e. The van der Waals surface area contributed by atoms with Crippen LogP contribution in [0.15, 0.2) is 36.5 Å². The Bertz CT molecular complexity index is 1080. The van der Waals surface area contributed by atoms with Crippen LogP contribution in [0, 0.1) is 0 Å². The fourth-order valence-electron chi connectivity index (χ4n) is 6.44. The highest BCUT2D eigenvalue weighted by Crippen LogP contribution is 2.43. The third-order valence-corrected chi connectivity index (χ3v) is 10.9. The molecule has 1 heterocycles. The lowest BCUT2D eigenvalue weighted by Crippen LogP contribution is -2.29. The molecule has 0 amide bonds. The number of esters is 2. The molecule has 0 saturated carbocycles. The SMILES string of the molecule is CCCCC/C=C\C/C=C\CCCCCCCCCCCC(=O)OC[C@H](COP(=O)(O)OCCN)OC(=O)CCCCCCC/C=C\CC1OC1CCCCC. The molecule has 1 saturated heterocycles. The van der Waals surface area contributed by atoms with Crippen LogP contribution in [0.4, 0.5) is 0 Å². The average molecular weight is 812 g/mol. The van der Waals surface area contributed by atoms with Crippen molar-refractivity contribution in [3.63, 3.8) is 0 Å². The van der Waals surface area contributed by atoms with Gasteiger partial charge in [0.2, 0.25) is 0 Å². The van der Waals surface area contributed by atoms with Crippen LogP contribution in [0.2, 0.25) is 0 Å². The molecule has 0 spiro atoms. The van der Waals surface area contributed by atoms with Gasteiger partial charge < -0.3 is 24.8 Å². The van der Waals surface area contributed by atoms with E-state index in [2.05, 4.69) is 50.3 Å². The van der Waals surface area contributed by atoms with Crippen molar-refractivity contribution in [2.75, 3.05) is 26.4 Å². The highest BCUT2D eigenvalue weighted by Gasteiger charge is 2.36. The van der Waals surface area contributed by atoms with Crippen molar-refractivity contribution < 1.29 is 42.3 Å². The van der Waals surface area contributed by atoms with E-state index in [1.807, 2.05) is 0 Å². The molecule has 326 valence electrons. The van der Waals surface area contributed by atoms with Gasteiger partial charge in [0.05, 0.1) is 25.4 Å². The summed E-state index contributed by atoms with van der Waals surface area (Å²) in [6, 6.07) is 0. The summed E-state index contributed by atoms with van der Waals surface area (Å²) in [4.78, 5) is 34.9. The molecule has 0 bridgehead atoms. The predicted octanol–water partition coefficient (Wildman–Crippen LogP) is 11.9. The number of unbranched alkanes of at least 4 members (excludes halogenated alkanes) is 19. The Hall–Kier alpha value is -1.81. The molecule has 0 radical (unpaired) electrons. The molecule has 3 unspecified atom stereocenters. The van der Waals surface area contributed by atoms with Gasteiger partial charge in [0.1, 0.15) is 6.61 Å². The van der Waals surface area contributed by atoms with Crippen molar-refractivity contribution in [3.8, 4) is 0 Å². The summed E-state index contributed by atoms with van der Waals surface area (Å²) in [6.07, 6.45) is 43.4. The van der Waals surface area contributed by atoms with E-state index >= 15 is 0 Å². The molecule has 3 N–H and O–H groups in total. The Balaban J connectivity index is 2.15. The number of carbonyl (C=O) groups is 2. The van der Waals surface area contributed by atoms with E-state index in [9.17, 15) is 19.0 Å². The van der Waals surface area contributed by atoms with Gasteiger partial charge >= 0.3 is 19.8 Å². The first-order valence-electron chi connectivity index (χ1n) is 22.6. The minimum atomic E-state index is -4.39. The van der Waals surface area contributed by atoms with Crippen LogP contribution in [0.5, 0.6) is 0 Å². The van der Waals surface area contributed by atoms with Crippen LogP contribution in [0.1, 0.15) is 194 Å². The maximum absolute atomic E-state index is 12.6. The van der Waals surface area contributed by atoms with E-state index in [-0.39, 0.29) is 32.6 Å². The largest absolute Gasteiger partial charge is 0.472 e. The summed E-state index contributed by atoms with van der Waals surface area (Å²) in [7, 11) is -4.39. The molecule has 0 aromatic carbocycles. The first-order valence-corrected chi connectivity index (χ1v) is 24.1. The van der Waals surface area contributed by atoms with E-state index in [0.29, 0.717) is 18.6 Å². The van der Waals surface area contributed by atoms with Crippen LogP contribution >= 0.6 is 7.82 Å². The molecule has 1 rings (SSSR count). The Morgan fingerprint density at radius 3 is 1.75 bits per heavy atom. The highest BCUT2D eigenvalue weighted by atomic mass is 31.2. The Kier molecular flexibility index (Phi) is 34.9. The van der Waals surface area contributed by atoms with E-state index in [1.165, 1.54) is 83.5 Å². The number of hydrogen-bond acceptors (Lipinski definition) is 9. The lowest BCUT2D eigenvalue weighted by Gasteiger charge is -2.19. The van der Waals surface area contributed by atoms with Crippen LogP contribution in [-0.2, 0) is 37.4 Å². The van der Waals surface area contributed by atoms with Crippen molar-refractivity contribution in [3.05, 3.63) is 36.5 Å². The first kappa shape index (κ1) is 52.2. The van der Waals surface area contributed by atoms with Crippen molar-refractivity contribution in [1.29, 1.82) is 0 Å². The fraction of sp³-hybridized carbons (Fsp3) is 0.822. The summed E-state index contributed by atoms with van der Waals surface area (Å²) >= 11 is 0. The van der Waals surface area contributed by atoms with Crippen LogP contribution in [-0.4, -0.2) is 61.5 Å². The van der Waals surface area contributed by atoms with Crippen LogP contribution in [0.3, 0.4) is 0 Å². The maximum atomic E-state index is 12.6. The summed E-state index contributed by atoms with van der Waals surface area (Å²) < 4.78 is 38.6. The fourth-order valence-corrected chi connectivity index (χ4v) is 7.20. The van der Waals surface area contributed by atoms with Gasteiger partial charge in [0.25, 0.3) is 0 Å². The summed E-state index contributed by atoms with van der Waals surface area (Å²) in [6.45, 7) is 3.65. The molecule has 10 nitrogen and oxygen atoms in total. The molecule has 56 heavy (non-hydrogen) atoms. The second-order valence-corrected chi connectivity index (χ2v) is 16.8. The van der Waals surface area contributed by atoms with Crippen molar-refractivity contribution in [2.45, 2.75) is 212 Å². The number of ether oxygens (including phenoxy) is 3. The van der Waals surface area contributed by atoms with Gasteiger partial charge in [-0.25, -0.2) is 4.57 Å². The Morgan fingerprint density at radius 2 is 1.16 bits per heavy atom. The number of hydrogen-bond donors (Lipinski definition) is 2. The molecule has 1 fully saturated rings. The number of nitrogens with two attached hydrogens (primary N) is 1. The second-order valence-electron chi connectivity index (χ2n) is 15.3. The molecular weight excluding hydrogens is 729 g/mol. The number of phosphoric ester groups is 1. The summed E-state index contributed by atoms with van der Waals surface area (Å²) in [5, 5.41) is 0. The Labute approximate surface area is 341 Å². The standard InChI is InChI=1S/C45H82NO9P/c1-3-5-7-8-9-10-11-12-13-14-15-16-17-18-19-20-24-27-31-35-44(47)51-39-41(40-53-56(49,50)52-38-37-46)54-45(48)36-32-28-25-22-21-23-26-30-34-43-42(55-43)33-29-6-4-2/h9-10,12-13,26,30,41-43H,3-8,11,14-25,27-29,31-40,46H2,1-2H3,(H,49,50)/b10-9-,13-12-,30-26-/t41-,42?,43?/m1/s1. The number of phosphoric acid groups is 1. The molecule has 4 atom stereocenters. The zero-order chi connectivity index (χ0) is 40.8. The van der Waals surface area contributed by atoms with Gasteiger partial charge in [-0.05, 0) is 70.6 Å². The zero-order valence-corrected chi connectivity index (χ0v) is 36.5. The average Bonchev–Trinajstić information content (AvgIpc) is 3.94. The molecule has 11 heteroatoms. The van der Waals surface area contributed by atoms with Gasteiger partial charge in [-0.15, -0.1) is 0 Å². The van der Waals surface area contributed by atoms with E-state index in [4.69, 9.17) is 29.0 Å². The van der Waals surface area contributed by atoms with E-state index in [1.54, 1.807) is 0 Å². The van der Waals surface area contributed by atoms with Crippen LogP contribution in [0.25, 0.3) is 0 Å². The van der Waals surface area contributed by atoms with Crippen LogP contribution < -0.4 is 5.73 Å². The van der Waals surface area contributed by atoms with Gasteiger partial charge in [0.15, 0.2) is 6.10 Å². The van der Waals surface area contributed by atoms with Gasteiger partial charge in [-0.1, -0.05) is 147 Å². The monoisotopic (exact) mass is 812 g/mol.